The number of hydrogen-bond donors (Lipinski definition) is 1. The standard InChI is InChI=1S/C15H23BrN2O/c1-4-6-10-18(11(3)5-2)15(19)12-8-7-9-13(17)14(12)16/h7-9,11H,4-6,10,17H2,1-3H3. The van der Waals surface area contributed by atoms with E-state index >= 15 is 0 Å². The molecule has 1 atom stereocenters. The maximum absolute atomic E-state index is 12.7. The molecule has 1 rings (SSSR count). The number of nitrogen functional groups attached to an aromatic ring is 1. The molecule has 0 radical (unpaired) electrons. The summed E-state index contributed by atoms with van der Waals surface area (Å²) in [4.78, 5) is 14.6. The summed E-state index contributed by atoms with van der Waals surface area (Å²) < 4.78 is 0.699. The number of amides is 1. The number of halogens is 1. The lowest BCUT2D eigenvalue weighted by molar-refractivity contribution is 0.0684. The minimum absolute atomic E-state index is 0.0574. The van der Waals surface area contributed by atoms with Gasteiger partial charge in [-0.25, -0.2) is 0 Å². The summed E-state index contributed by atoms with van der Waals surface area (Å²) in [7, 11) is 0. The summed E-state index contributed by atoms with van der Waals surface area (Å²) in [5.41, 5.74) is 7.10. The topological polar surface area (TPSA) is 46.3 Å². The minimum Gasteiger partial charge on any atom is -0.398 e. The van der Waals surface area contributed by atoms with Crippen LogP contribution < -0.4 is 5.73 Å². The Morgan fingerprint density at radius 2 is 2.11 bits per heavy atom. The van der Waals surface area contributed by atoms with Gasteiger partial charge in [0.1, 0.15) is 0 Å². The zero-order valence-corrected chi connectivity index (χ0v) is 13.5. The third kappa shape index (κ3) is 3.96. The molecule has 2 N–H and O–H groups in total. The van der Waals surface area contributed by atoms with Crippen LogP contribution in [0.4, 0.5) is 5.69 Å². The van der Waals surface area contributed by atoms with Crippen molar-refractivity contribution in [3.05, 3.63) is 28.2 Å². The van der Waals surface area contributed by atoms with Crippen molar-refractivity contribution >= 4 is 27.5 Å². The summed E-state index contributed by atoms with van der Waals surface area (Å²) in [5.74, 6) is 0.0574. The maximum Gasteiger partial charge on any atom is 0.255 e. The summed E-state index contributed by atoms with van der Waals surface area (Å²) in [6, 6.07) is 5.68. The molecule has 0 aliphatic heterocycles. The Kier molecular flexibility index (Phi) is 6.35. The van der Waals surface area contributed by atoms with Crippen molar-refractivity contribution in [3.8, 4) is 0 Å². The first-order valence-corrected chi connectivity index (χ1v) is 7.67. The summed E-state index contributed by atoms with van der Waals surface area (Å²) >= 11 is 3.42. The van der Waals surface area contributed by atoms with Crippen molar-refractivity contribution in [2.45, 2.75) is 46.1 Å². The predicted octanol–water partition coefficient (Wildman–Crippen LogP) is 4.07. The average molecular weight is 327 g/mol. The molecule has 106 valence electrons. The summed E-state index contributed by atoms with van der Waals surface area (Å²) in [6.45, 7) is 7.13. The van der Waals surface area contributed by atoms with Gasteiger partial charge in [0, 0.05) is 18.3 Å². The molecule has 0 spiro atoms. The molecular weight excluding hydrogens is 304 g/mol. The second-order valence-corrected chi connectivity index (χ2v) is 5.61. The zero-order chi connectivity index (χ0) is 14.4. The molecule has 3 nitrogen and oxygen atoms in total. The molecule has 1 unspecified atom stereocenters. The number of hydrogen-bond acceptors (Lipinski definition) is 2. The monoisotopic (exact) mass is 326 g/mol. The lowest BCUT2D eigenvalue weighted by atomic mass is 10.1. The highest BCUT2D eigenvalue weighted by atomic mass is 79.9. The van der Waals surface area contributed by atoms with Crippen molar-refractivity contribution in [1.82, 2.24) is 4.90 Å². The Morgan fingerprint density at radius 3 is 2.68 bits per heavy atom. The largest absolute Gasteiger partial charge is 0.398 e. The van der Waals surface area contributed by atoms with Crippen LogP contribution in [0.1, 0.15) is 50.4 Å². The van der Waals surface area contributed by atoms with Gasteiger partial charge in [-0.05, 0) is 47.8 Å². The molecule has 0 fully saturated rings. The Balaban J connectivity index is 3.01. The van der Waals surface area contributed by atoms with Gasteiger partial charge in [-0.3, -0.25) is 4.79 Å². The van der Waals surface area contributed by atoms with Crippen LogP contribution in [-0.4, -0.2) is 23.4 Å². The summed E-state index contributed by atoms with van der Waals surface area (Å²) in [6.07, 6.45) is 3.06. The maximum atomic E-state index is 12.7. The number of nitrogens with two attached hydrogens (primary N) is 1. The number of carbonyl (C=O) groups excluding carboxylic acids is 1. The van der Waals surface area contributed by atoms with Gasteiger partial charge in [-0.15, -0.1) is 0 Å². The molecule has 0 bridgehead atoms. The van der Waals surface area contributed by atoms with E-state index in [2.05, 4.69) is 36.7 Å². The van der Waals surface area contributed by atoms with Crippen LogP contribution >= 0.6 is 15.9 Å². The molecule has 0 saturated heterocycles. The van der Waals surface area contributed by atoms with Crippen LogP contribution in [-0.2, 0) is 0 Å². The lowest BCUT2D eigenvalue weighted by Crippen LogP contribution is -2.39. The van der Waals surface area contributed by atoms with E-state index < -0.39 is 0 Å². The Morgan fingerprint density at radius 1 is 1.42 bits per heavy atom. The second-order valence-electron chi connectivity index (χ2n) is 4.82. The number of anilines is 1. The van der Waals surface area contributed by atoms with Crippen LogP contribution in [0.3, 0.4) is 0 Å². The second kappa shape index (κ2) is 7.53. The fourth-order valence-electron chi connectivity index (χ4n) is 1.94. The fraction of sp³-hybridized carbons (Fsp3) is 0.533. The van der Waals surface area contributed by atoms with E-state index in [1.807, 2.05) is 17.0 Å². The van der Waals surface area contributed by atoms with Crippen molar-refractivity contribution in [2.75, 3.05) is 12.3 Å². The van der Waals surface area contributed by atoms with Crippen LogP contribution in [0.5, 0.6) is 0 Å². The Labute approximate surface area is 124 Å². The van der Waals surface area contributed by atoms with Gasteiger partial charge in [0.15, 0.2) is 0 Å². The molecule has 0 aliphatic rings. The van der Waals surface area contributed by atoms with Gasteiger partial charge < -0.3 is 10.6 Å². The van der Waals surface area contributed by atoms with Gasteiger partial charge in [0.2, 0.25) is 0 Å². The van der Waals surface area contributed by atoms with E-state index in [4.69, 9.17) is 5.73 Å². The first kappa shape index (κ1) is 16.0. The molecule has 0 aliphatic carbocycles. The predicted molar refractivity (Wildman–Crippen MR) is 84.3 cm³/mol. The Hall–Kier alpha value is -1.03. The SMILES string of the molecule is CCCCN(C(=O)c1cccc(N)c1Br)C(C)CC. The van der Waals surface area contributed by atoms with Crippen LogP contribution in [0.25, 0.3) is 0 Å². The molecule has 1 amide bonds. The van der Waals surface area contributed by atoms with Gasteiger partial charge >= 0.3 is 0 Å². The molecule has 19 heavy (non-hydrogen) atoms. The number of unbranched alkanes of at least 4 members (excludes halogenated alkanes) is 1. The number of carbonyl (C=O) groups is 1. The first-order valence-electron chi connectivity index (χ1n) is 6.87. The molecule has 0 aromatic heterocycles. The van der Waals surface area contributed by atoms with E-state index in [1.54, 1.807) is 6.07 Å². The van der Waals surface area contributed by atoms with Crippen molar-refractivity contribution in [2.24, 2.45) is 0 Å². The van der Waals surface area contributed by atoms with Crippen LogP contribution in [0.2, 0.25) is 0 Å². The zero-order valence-electron chi connectivity index (χ0n) is 11.9. The van der Waals surface area contributed by atoms with E-state index in [9.17, 15) is 4.79 Å². The molecule has 0 heterocycles. The van der Waals surface area contributed by atoms with Crippen molar-refractivity contribution in [1.29, 1.82) is 0 Å². The average Bonchev–Trinajstić information content (AvgIpc) is 2.41. The van der Waals surface area contributed by atoms with Gasteiger partial charge in [0.05, 0.1) is 10.0 Å². The van der Waals surface area contributed by atoms with E-state index in [1.165, 1.54) is 0 Å². The smallest absolute Gasteiger partial charge is 0.255 e. The highest BCUT2D eigenvalue weighted by Gasteiger charge is 2.22. The van der Waals surface area contributed by atoms with Gasteiger partial charge in [-0.2, -0.15) is 0 Å². The van der Waals surface area contributed by atoms with E-state index in [0.29, 0.717) is 15.7 Å². The van der Waals surface area contributed by atoms with Crippen LogP contribution in [0, 0.1) is 0 Å². The van der Waals surface area contributed by atoms with Crippen LogP contribution in [0.15, 0.2) is 22.7 Å². The molecular formula is C15H23BrN2O. The van der Waals surface area contributed by atoms with Gasteiger partial charge in [0.25, 0.3) is 5.91 Å². The quantitative estimate of drug-likeness (QED) is 0.801. The highest BCUT2D eigenvalue weighted by Crippen LogP contribution is 2.26. The molecule has 0 saturated carbocycles. The highest BCUT2D eigenvalue weighted by molar-refractivity contribution is 9.10. The summed E-state index contributed by atoms with van der Waals surface area (Å²) in [5, 5.41) is 0. The van der Waals surface area contributed by atoms with E-state index in [-0.39, 0.29) is 11.9 Å². The fourth-order valence-corrected chi connectivity index (χ4v) is 2.37. The lowest BCUT2D eigenvalue weighted by Gasteiger charge is -2.29. The molecule has 1 aromatic rings. The Bertz CT molecular complexity index is 434. The first-order chi connectivity index (χ1) is 9.02. The van der Waals surface area contributed by atoms with Crippen molar-refractivity contribution in [3.63, 3.8) is 0 Å². The number of benzene rings is 1. The third-order valence-corrected chi connectivity index (χ3v) is 4.28. The number of nitrogens with zero attached hydrogens (tertiary/aromatic N) is 1. The molecule has 1 aromatic carbocycles. The normalized spacial score (nSPS) is 12.2. The third-order valence-electron chi connectivity index (χ3n) is 3.40. The number of rotatable bonds is 6. The van der Waals surface area contributed by atoms with Crippen molar-refractivity contribution < 1.29 is 4.79 Å². The molecule has 4 heteroatoms. The van der Waals surface area contributed by atoms with E-state index in [0.717, 1.165) is 25.8 Å². The van der Waals surface area contributed by atoms with Gasteiger partial charge in [-0.1, -0.05) is 26.3 Å². The minimum atomic E-state index is 0.0574.